The van der Waals surface area contributed by atoms with Gasteiger partial charge >= 0.3 is 12.0 Å². The van der Waals surface area contributed by atoms with Crippen molar-refractivity contribution in [2.24, 2.45) is 0 Å². The molecule has 17 heavy (non-hydrogen) atoms. The van der Waals surface area contributed by atoms with E-state index in [4.69, 9.17) is 4.74 Å². The molecule has 1 aliphatic rings. The summed E-state index contributed by atoms with van der Waals surface area (Å²) >= 11 is 0. The molecular formula is C12H20N2O3. The van der Waals surface area contributed by atoms with Crippen LogP contribution in [0.5, 0.6) is 0 Å². The molecule has 96 valence electrons. The fourth-order valence-corrected chi connectivity index (χ4v) is 1.91. The van der Waals surface area contributed by atoms with Crippen LogP contribution in [0.15, 0.2) is 11.3 Å². The van der Waals surface area contributed by atoms with E-state index in [-0.39, 0.29) is 18.0 Å². The highest BCUT2D eigenvalue weighted by Crippen LogP contribution is 2.22. The highest BCUT2D eigenvalue weighted by molar-refractivity contribution is 5.94. The minimum atomic E-state index is -0.338. The quantitative estimate of drug-likeness (QED) is 0.760. The third-order valence-corrected chi connectivity index (χ3v) is 2.92. The topological polar surface area (TPSA) is 58.6 Å². The first-order valence-corrected chi connectivity index (χ1v) is 5.95. The maximum atomic E-state index is 11.9. The molecule has 1 N–H and O–H groups in total. The molecule has 0 radical (unpaired) electrons. The second-order valence-corrected chi connectivity index (χ2v) is 4.07. The lowest BCUT2D eigenvalue weighted by molar-refractivity contribution is -0.139. The van der Waals surface area contributed by atoms with Crippen molar-refractivity contribution in [1.29, 1.82) is 0 Å². The first-order chi connectivity index (χ1) is 8.02. The molecule has 1 unspecified atom stereocenters. The van der Waals surface area contributed by atoms with E-state index < -0.39 is 0 Å². The van der Waals surface area contributed by atoms with Gasteiger partial charge in [0.1, 0.15) is 0 Å². The van der Waals surface area contributed by atoms with Crippen LogP contribution < -0.4 is 5.32 Å². The summed E-state index contributed by atoms with van der Waals surface area (Å²) in [5.41, 5.74) is 1.24. The Balaban J connectivity index is 3.05. The van der Waals surface area contributed by atoms with Crippen molar-refractivity contribution < 1.29 is 14.3 Å². The third-order valence-electron chi connectivity index (χ3n) is 2.92. The first-order valence-electron chi connectivity index (χ1n) is 5.95. The molecule has 0 bridgehead atoms. The zero-order valence-electron chi connectivity index (χ0n) is 10.9. The van der Waals surface area contributed by atoms with Crippen molar-refractivity contribution in [2.45, 2.75) is 39.7 Å². The first kappa shape index (κ1) is 13.5. The van der Waals surface area contributed by atoms with Gasteiger partial charge in [-0.3, -0.25) is 0 Å². The van der Waals surface area contributed by atoms with Crippen molar-refractivity contribution in [2.75, 3.05) is 13.7 Å². The van der Waals surface area contributed by atoms with Gasteiger partial charge in [0.2, 0.25) is 0 Å². The van der Waals surface area contributed by atoms with Gasteiger partial charge < -0.3 is 15.0 Å². The second kappa shape index (κ2) is 5.70. The predicted octanol–water partition coefficient (Wildman–Crippen LogP) is 1.65. The smallest absolute Gasteiger partial charge is 0.337 e. The van der Waals surface area contributed by atoms with E-state index in [0.29, 0.717) is 17.9 Å². The molecule has 0 aromatic carbocycles. The van der Waals surface area contributed by atoms with Gasteiger partial charge in [-0.15, -0.1) is 0 Å². The van der Waals surface area contributed by atoms with Crippen LogP contribution in [0.4, 0.5) is 4.79 Å². The zero-order valence-corrected chi connectivity index (χ0v) is 10.9. The molecule has 2 amide bonds. The number of esters is 1. The van der Waals surface area contributed by atoms with Crippen LogP contribution in [-0.2, 0) is 9.53 Å². The Bertz CT molecular complexity index is 350. The zero-order chi connectivity index (χ0) is 13.0. The van der Waals surface area contributed by atoms with E-state index in [1.54, 1.807) is 20.9 Å². The average molecular weight is 240 g/mol. The van der Waals surface area contributed by atoms with Crippen molar-refractivity contribution in [3.63, 3.8) is 0 Å². The number of rotatable bonds is 4. The molecule has 0 saturated heterocycles. The Morgan fingerprint density at radius 3 is 2.65 bits per heavy atom. The lowest BCUT2D eigenvalue weighted by atomic mass is 9.98. The van der Waals surface area contributed by atoms with E-state index in [2.05, 4.69) is 5.32 Å². The van der Waals surface area contributed by atoms with Crippen LogP contribution in [0, 0.1) is 0 Å². The molecule has 0 saturated carbocycles. The number of hydrogen-bond acceptors (Lipinski definition) is 3. The van der Waals surface area contributed by atoms with Gasteiger partial charge in [-0.25, -0.2) is 9.59 Å². The monoisotopic (exact) mass is 240 g/mol. The minimum Gasteiger partial charge on any atom is -0.463 e. The van der Waals surface area contributed by atoms with Crippen molar-refractivity contribution in [3.8, 4) is 0 Å². The van der Waals surface area contributed by atoms with Crippen LogP contribution in [0.3, 0.4) is 0 Å². The molecule has 0 aromatic heterocycles. The van der Waals surface area contributed by atoms with Crippen LogP contribution in [0.1, 0.15) is 33.6 Å². The lowest BCUT2D eigenvalue weighted by Crippen LogP contribution is -2.50. The highest BCUT2D eigenvalue weighted by Gasteiger charge is 2.33. The van der Waals surface area contributed by atoms with E-state index in [0.717, 1.165) is 12.8 Å². The maximum Gasteiger partial charge on any atom is 0.337 e. The molecule has 0 aromatic rings. The fraction of sp³-hybridized carbons (Fsp3) is 0.667. The Kier molecular flexibility index (Phi) is 4.54. The summed E-state index contributed by atoms with van der Waals surface area (Å²) in [5, 5.41) is 2.82. The number of carbonyl (C=O) groups excluding carboxylic acids is 2. The lowest BCUT2D eigenvalue weighted by Gasteiger charge is -2.32. The summed E-state index contributed by atoms with van der Waals surface area (Å²) in [6.45, 7) is 5.90. The summed E-state index contributed by atoms with van der Waals surface area (Å²) in [6, 6.07) is -0.406. The fourth-order valence-electron chi connectivity index (χ4n) is 1.91. The van der Waals surface area contributed by atoms with Gasteiger partial charge in [0.25, 0.3) is 0 Å². The predicted molar refractivity (Wildman–Crippen MR) is 64.3 cm³/mol. The van der Waals surface area contributed by atoms with E-state index in [9.17, 15) is 9.59 Å². The molecule has 0 spiro atoms. The molecule has 5 heteroatoms. The van der Waals surface area contributed by atoms with Gasteiger partial charge in [0.15, 0.2) is 0 Å². The number of ether oxygens (including phenoxy) is 1. The highest BCUT2D eigenvalue weighted by atomic mass is 16.5. The van der Waals surface area contributed by atoms with Gasteiger partial charge in [-0.1, -0.05) is 13.3 Å². The standard InChI is InChI=1S/C12H20N2O3/c1-5-7-9-10(11(15)17-6-2)8(3)14(4)12(16)13-9/h9H,5-7H2,1-4H3,(H,13,16). The van der Waals surface area contributed by atoms with Gasteiger partial charge in [-0.05, 0) is 20.3 Å². The molecule has 1 aliphatic heterocycles. The molecular weight excluding hydrogens is 220 g/mol. The minimum absolute atomic E-state index is 0.172. The van der Waals surface area contributed by atoms with Crippen LogP contribution in [-0.4, -0.2) is 36.6 Å². The SMILES string of the molecule is CCCC1NC(=O)N(C)C(C)=C1C(=O)OCC. The molecule has 0 aliphatic carbocycles. The number of nitrogens with one attached hydrogen (secondary N) is 1. The third kappa shape index (κ3) is 2.78. The average Bonchev–Trinajstić information content (AvgIpc) is 2.27. The Morgan fingerprint density at radius 2 is 2.12 bits per heavy atom. The van der Waals surface area contributed by atoms with E-state index >= 15 is 0 Å². The number of nitrogens with zero attached hydrogens (tertiary/aromatic N) is 1. The van der Waals surface area contributed by atoms with Crippen molar-refractivity contribution in [3.05, 3.63) is 11.3 Å². The Morgan fingerprint density at radius 1 is 1.47 bits per heavy atom. The molecule has 1 rings (SSSR count). The largest absolute Gasteiger partial charge is 0.463 e. The van der Waals surface area contributed by atoms with Crippen molar-refractivity contribution in [1.82, 2.24) is 10.2 Å². The van der Waals surface area contributed by atoms with Crippen LogP contribution in [0.2, 0.25) is 0 Å². The molecule has 1 atom stereocenters. The van der Waals surface area contributed by atoms with Gasteiger partial charge in [0, 0.05) is 12.7 Å². The second-order valence-electron chi connectivity index (χ2n) is 4.07. The number of hydrogen-bond donors (Lipinski definition) is 1. The maximum absolute atomic E-state index is 11.9. The summed E-state index contributed by atoms with van der Waals surface area (Å²) in [5.74, 6) is -0.338. The number of carbonyl (C=O) groups is 2. The van der Waals surface area contributed by atoms with E-state index in [1.807, 2.05) is 6.92 Å². The summed E-state index contributed by atoms with van der Waals surface area (Å²) in [6.07, 6.45) is 1.63. The summed E-state index contributed by atoms with van der Waals surface area (Å²) < 4.78 is 5.04. The number of urea groups is 1. The van der Waals surface area contributed by atoms with Gasteiger partial charge in [-0.2, -0.15) is 0 Å². The number of amides is 2. The Labute approximate surface area is 102 Å². The molecule has 1 heterocycles. The van der Waals surface area contributed by atoms with E-state index in [1.165, 1.54) is 4.90 Å². The molecule has 5 nitrogen and oxygen atoms in total. The summed E-state index contributed by atoms with van der Waals surface area (Å²) in [4.78, 5) is 25.0. The van der Waals surface area contributed by atoms with Gasteiger partial charge in [0.05, 0.1) is 18.2 Å². The van der Waals surface area contributed by atoms with Crippen LogP contribution >= 0.6 is 0 Å². The molecule has 0 fully saturated rings. The van der Waals surface area contributed by atoms with Crippen molar-refractivity contribution >= 4 is 12.0 Å². The normalized spacial score (nSPS) is 20.4. The number of allylic oxidation sites excluding steroid dienone is 1. The Hall–Kier alpha value is -1.52. The summed E-state index contributed by atoms with van der Waals surface area (Å²) in [7, 11) is 1.64. The van der Waals surface area contributed by atoms with Crippen LogP contribution in [0.25, 0.3) is 0 Å².